The number of esters is 1. The lowest BCUT2D eigenvalue weighted by Crippen LogP contribution is -2.07. The number of para-hydroxylation sites is 1. The molecule has 4 rings (SSSR count). The topological polar surface area (TPSA) is 88.4 Å². The van der Waals surface area contributed by atoms with E-state index in [1.54, 1.807) is 26.2 Å². The molecule has 8 nitrogen and oxygen atoms in total. The second-order valence-corrected chi connectivity index (χ2v) is 7.73. The quantitative estimate of drug-likeness (QED) is 0.334. The van der Waals surface area contributed by atoms with Crippen LogP contribution in [0.3, 0.4) is 0 Å². The van der Waals surface area contributed by atoms with Gasteiger partial charge < -0.3 is 14.2 Å². The Bertz CT molecular complexity index is 1200. The summed E-state index contributed by atoms with van der Waals surface area (Å²) in [5, 5.41) is 10.0. The Hall–Kier alpha value is -3.85. The van der Waals surface area contributed by atoms with E-state index in [0.29, 0.717) is 33.9 Å². The smallest absolute Gasteiger partial charge is 0.339 e. The van der Waals surface area contributed by atoms with E-state index in [1.807, 2.05) is 59.2 Å². The van der Waals surface area contributed by atoms with Crippen molar-refractivity contribution in [2.75, 3.05) is 13.7 Å². The molecule has 0 fully saturated rings. The molecule has 0 aliphatic carbocycles. The summed E-state index contributed by atoms with van der Waals surface area (Å²) >= 11 is 1.34. The Balaban J connectivity index is 1.56. The van der Waals surface area contributed by atoms with E-state index in [9.17, 15) is 4.79 Å². The fourth-order valence-corrected chi connectivity index (χ4v) is 3.80. The molecule has 2 aromatic carbocycles. The first-order chi connectivity index (χ1) is 16.2. The molecule has 0 saturated carbocycles. The summed E-state index contributed by atoms with van der Waals surface area (Å²) in [5.74, 6) is 1.70. The lowest BCUT2D eigenvalue weighted by molar-refractivity contribution is 0.0525. The standard InChI is InChI=1S/C24H22N4O4S/c1-3-31-23(29)17-9-14-22(25-15-17)33-24-27-26-21(28(24)18-7-5-4-6-8-18)16-32-20-12-10-19(30-2)11-13-20/h4-15H,3,16H2,1-2H3. The van der Waals surface area contributed by atoms with Crippen molar-refractivity contribution in [2.24, 2.45) is 0 Å². The molecule has 0 aliphatic heterocycles. The Morgan fingerprint density at radius 3 is 2.39 bits per heavy atom. The van der Waals surface area contributed by atoms with Crippen LogP contribution in [0.5, 0.6) is 11.5 Å². The highest BCUT2D eigenvalue weighted by atomic mass is 32.2. The van der Waals surface area contributed by atoms with Crippen LogP contribution in [-0.2, 0) is 11.3 Å². The number of nitrogens with zero attached hydrogens (tertiary/aromatic N) is 4. The minimum atomic E-state index is -0.396. The van der Waals surface area contributed by atoms with Crippen LogP contribution in [0.2, 0.25) is 0 Å². The van der Waals surface area contributed by atoms with Crippen molar-refractivity contribution in [2.45, 2.75) is 23.7 Å². The van der Waals surface area contributed by atoms with Crippen LogP contribution in [0.15, 0.2) is 83.1 Å². The van der Waals surface area contributed by atoms with Gasteiger partial charge in [0.1, 0.15) is 23.1 Å². The van der Waals surface area contributed by atoms with Crippen molar-refractivity contribution in [3.63, 3.8) is 0 Å². The van der Waals surface area contributed by atoms with Crippen LogP contribution in [0.1, 0.15) is 23.1 Å². The zero-order chi connectivity index (χ0) is 23.0. The fourth-order valence-electron chi connectivity index (χ4n) is 2.99. The third-order valence-corrected chi connectivity index (χ3v) is 5.48. The van der Waals surface area contributed by atoms with Crippen LogP contribution in [-0.4, -0.2) is 39.4 Å². The van der Waals surface area contributed by atoms with E-state index < -0.39 is 5.97 Å². The van der Waals surface area contributed by atoms with Crippen LogP contribution in [0, 0.1) is 0 Å². The van der Waals surface area contributed by atoms with Gasteiger partial charge in [0.25, 0.3) is 0 Å². The molecule has 0 aliphatic rings. The molecule has 0 unspecified atom stereocenters. The molecule has 0 spiro atoms. The van der Waals surface area contributed by atoms with Crippen molar-refractivity contribution >= 4 is 17.7 Å². The van der Waals surface area contributed by atoms with Gasteiger partial charge in [-0.2, -0.15) is 0 Å². The van der Waals surface area contributed by atoms with Crippen molar-refractivity contribution in [3.05, 3.63) is 84.3 Å². The van der Waals surface area contributed by atoms with Crippen LogP contribution in [0.25, 0.3) is 5.69 Å². The predicted molar refractivity (Wildman–Crippen MR) is 123 cm³/mol. The van der Waals surface area contributed by atoms with Gasteiger partial charge in [-0.15, -0.1) is 10.2 Å². The number of hydrogen-bond acceptors (Lipinski definition) is 8. The third kappa shape index (κ3) is 5.50. The maximum absolute atomic E-state index is 11.9. The molecule has 0 amide bonds. The lowest BCUT2D eigenvalue weighted by atomic mass is 10.3. The molecule has 33 heavy (non-hydrogen) atoms. The average Bonchev–Trinajstić information content (AvgIpc) is 3.26. The zero-order valence-electron chi connectivity index (χ0n) is 18.2. The predicted octanol–water partition coefficient (Wildman–Crippen LogP) is 4.58. The van der Waals surface area contributed by atoms with Gasteiger partial charge in [0.15, 0.2) is 5.82 Å². The SMILES string of the molecule is CCOC(=O)c1ccc(Sc2nnc(COc3ccc(OC)cc3)n2-c2ccccc2)nc1. The van der Waals surface area contributed by atoms with Gasteiger partial charge in [-0.1, -0.05) is 18.2 Å². The summed E-state index contributed by atoms with van der Waals surface area (Å²) in [6.07, 6.45) is 1.50. The van der Waals surface area contributed by atoms with E-state index in [0.717, 1.165) is 11.4 Å². The van der Waals surface area contributed by atoms with Crippen LogP contribution >= 0.6 is 11.8 Å². The lowest BCUT2D eigenvalue weighted by Gasteiger charge is -2.11. The van der Waals surface area contributed by atoms with E-state index in [-0.39, 0.29) is 6.61 Å². The monoisotopic (exact) mass is 462 g/mol. The highest BCUT2D eigenvalue weighted by Crippen LogP contribution is 2.28. The average molecular weight is 463 g/mol. The largest absolute Gasteiger partial charge is 0.497 e. The summed E-state index contributed by atoms with van der Waals surface area (Å²) in [4.78, 5) is 16.2. The zero-order valence-corrected chi connectivity index (χ0v) is 19.0. The van der Waals surface area contributed by atoms with Gasteiger partial charge in [-0.3, -0.25) is 4.57 Å². The van der Waals surface area contributed by atoms with Gasteiger partial charge in [-0.25, -0.2) is 9.78 Å². The molecule has 0 bridgehead atoms. The maximum Gasteiger partial charge on any atom is 0.339 e. The number of hydrogen-bond donors (Lipinski definition) is 0. The highest BCUT2D eigenvalue weighted by molar-refractivity contribution is 7.99. The molecule has 4 aromatic rings. The molecule has 0 saturated heterocycles. The second kappa shape index (κ2) is 10.6. The fraction of sp³-hybridized carbons (Fsp3) is 0.167. The number of pyridine rings is 1. The normalized spacial score (nSPS) is 10.6. The van der Waals surface area contributed by atoms with Gasteiger partial charge in [0.2, 0.25) is 5.16 Å². The molecular weight excluding hydrogens is 440 g/mol. The number of carbonyl (C=O) groups excluding carboxylic acids is 1. The Kier molecular flexibility index (Phi) is 7.21. The molecule has 0 N–H and O–H groups in total. The number of aromatic nitrogens is 4. The van der Waals surface area contributed by atoms with Gasteiger partial charge in [0, 0.05) is 11.9 Å². The van der Waals surface area contributed by atoms with E-state index in [2.05, 4.69) is 15.2 Å². The molecule has 2 aromatic heterocycles. The van der Waals surface area contributed by atoms with Crippen molar-refractivity contribution in [1.29, 1.82) is 0 Å². The molecule has 0 atom stereocenters. The van der Waals surface area contributed by atoms with Gasteiger partial charge >= 0.3 is 5.97 Å². The van der Waals surface area contributed by atoms with Crippen molar-refractivity contribution in [1.82, 2.24) is 19.7 Å². The number of carbonyl (C=O) groups is 1. The summed E-state index contributed by atoms with van der Waals surface area (Å²) in [6.45, 7) is 2.31. The van der Waals surface area contributed by atoms with Crippen molar-refractivity contribution < 1.29 is 19.0 Å². The summed E-state index contributed by atoms with van der Waals surface area (Å²) in [6, 6.07) is 20.6. The molecule has 0 radical (unpaired) electrons. The highest BCUT2D eigenvalue weighted by Gasteiger charge is 2.17. The van der Waals surface area contributed by atoms with Gasteiger partial charge in [-0.05, 0) is 67.2 Å². The van der Waals surface area contributed by atoms with Crippen LogP contribution in [0.4, 0.5) is 0 Å². The minimum absolute atomic E-state index is 0.226. The molecule has 168 valence electrons. The van der Waals surface area contributed by atoms with Crippen molar-refractivity contribution in [3.8, 4) is 17.2 Å². The summed E-state index contributed by atoms with van der Waals surface area (Å²) < 4.78 is 18.0. The summed E-state index contributed by atoms with van der Waals surface area (Å²) in [7, 11) is 1.62. The number of ether oxygens (including phenoxy) is 3. The molecule has 9 heteroatoms. The number of methoxy groups -OCH3 is 1. The Labute approximate surface area is 195 Å². The molecular formula is C24H22N4O4S. The Morgan fingerprint density at radius 1 is 0.970 bits per heavy atom. The van der Waals surface area contributed by atoms with Crippen LogP contribution < -0.4 is 9.47 Å². The Morgan fingerprint density at radius 2 is 1.73 bits per heavy atom. The van der Waals surface area contributed by atoms with E-state index in [4.69, 9.17) is 14.2 Å². The number of rotatable bonds is 9. The third-order valence-electron chi connectivity index (χ3n) is 4.59. The number of benzene rings is 2. The first kappa shape index (κ1) is 22.3. The first-order valence-electron chi connectivity index (χ1n) is 10.3. The summed E-state index contributed by atoms with van der Waals surface area (Å²) in [5.41, 5.74) is 1.31. The molecule has 2 heterocycles. The maximum atomic E-state index is 11.9. The van der Waals surface area contributed by atoms with Gasteiger partial charge in [0.05, 0.1) is 19.3 Å². The second-order valence-electron chi connectivity index (χ2n) is 6.74. The first-order valence-corrected chi connectivity index (χ1v) is 11.1. The van der Waals surface area contributed by atoms with E-state index >= 15 is 0 Å². The minimum Gasteiger partial charge on any atom is -0.497 e. The van der Waals surface area contributed by atoms with E-state index in [1.165, 1.54) is 18.0 Å².